The third-order valence-corrected chi connectivity index (χ3v) is 5.23. The summed E-state index contributed by atoms with van der Waals surface area (Å²) in [6, 6.07) is 0.913. The number of piperidine rings is 1. The summed E-state index contributed by atoms with van der Waals surface area (Å²) in [5.74, 6) is 0. The number of hydrogen-bond donors (Lipinski definition) is 0. The van der Waals surface area contributed by atoms with Crippen LogP contribution in [0.1, 0.15) is 89.9 Å². The molecule has 0 saturated carbocycles. The average molecular weight is 293 g/mol. The average Bonchev–Trinajstić information content (AvgIpc) is 2.52. The van der Waals surface area contributed by atoms with Gasteiger partial charge in [-0.15, -0.1) is 0 Å². The van der Waals surface area contributed by atoms with Gasteiger partial charge in [0.1, 0.15) is 0 Å². The van der Waals surface area contributed by atoms with Gasteiger partial charge >= 0.3 is 0 Å². The van der Waals surface area contributed by atoms with E-state index in [4.69, 9.17) is 0 Å². The normalized spacial score (nSPS) is 28.7. The van der Waals surface area contributed by atoms with Crippen molar-refractivity contribution in [2.75, 3.05) is 19.6 Å². The first-order valence-electron chi connectivity index (χ1n) is 9.69. The molecule has 1 unspecified atom stereocenters. The van der Waals surface area contributed by atoms with Gasteiger partial charge in [-0.3, -0.25) is 4.99 Å². The van der Waals surface area contributed by atoms with Crippen LogP contribution in [0.2, 0.25) is 0 Å². The Morgan fingerprint density at radius 2 is 1.29 bits per heavy atom. The second-order valence-electron chi connectivity index (χ2n) is 7.03. The Balaban J connectivity index is 1.74. The predicted octanol–water partition coefficient (Wildman–Crippen LogP) is 5.22. The highest BCUT2D eigenvalue weighted by Crippen LogP contribution is 2.23. The summed E-state index contributed by atoms with van der Waals surface area (Å²) >= 11 is 0. The Kier molecular flexibility index (Phi) is 9.09. The van der Waals surface area contributed by atoms with E-state index < -0.39 is 0 Å². The molecule has 1 saturated heterocycles. The van der Waals surface area contributed by atoms with Gasteiger partial charge in [0, 0.05) is 12.6 Å². The molecule has 0 amide bonds. The molecule has 2 nitrogen and oxygen atoms in total. The van der Waals surface area contributed by atoms with E-state index in [1.807, 2.05) is 0 Å². The van der Waals surface area contributed by atoms with Gasteiger partial charge in [0.25, 0.3) is 0 Å². The van der Waals surface area contributed by atoms with Crippen LogP contribution in [0.25, 0.3) is 0 Å². The first-order valence-corrected chi connectivity index (χ1v) is 9.69. The molecule has 0 spiro atoms. The number of fused-ring (bicyclic) bond motifs is 1. The quantitative estimate of drug-likeness (QED) is 0.598. The fourth-order valence-electron chi connectivity index (χ4n) is 3.88. The molecule has 2 rings (SSSR count). The summed E-state index contributed by atoms with van der Waals surface area (Å²) in [6.45, 7) is 3.78. The summed E-state index contributed by atoms with van der Waals surface area (Å²) < 4.78 is 0. The Hall–Kier alpha value is -0.370. The molecule has 0 aromatic heterocycles. The minimum absolute atomic E-state index is 0.913. The number of nitrogens with zero attached hydrogens (tertiary/aromatic N) is 2. The zero-order valence-electron chi connectivity index (χ0n) is 14.1. The molecular formula is C19H36N2. The molecule has 0 aliphatic carbocycles. The molecule has 21 heavy (non-hydrogen) atoms. The van der Waals surface area contributed by atoms with Crippen LogP contribution in [0.15, 0.2) is 4.99 Å². The summed E-state index contributed by atoms with van der Waals surface area (Å²) in [7, 11) is 0. The monoisotopic (exact) mass is 292 g/mol. The van der Waals surface area contributed by atoms with Crippen LogP contribution in [0, 0.1) is 0 Å². The molecule has 0 aromatic rings. The molecule has 0 radical (unpaired) electrons. The van der Waals surface area contributed by atoms with Crippen molar-refractivity contribution in [1.29, 1.82) is 0 Å². The van der Waals surface area contributed by atoms with Crippen molar-refractivity contribution in [1.82, 2.24) is 4.90 Å². The highest BCUT2D eigenvalue weighted by atomic mass is 15.2. The van der Waals surface area contributed by atoms with Crippen molar-refractivity contribution in [2.45, 2.75) is 95.9 Å². The lowest BCUT2D eigenvalue weighted by Crippen LogP contribution is -2.40. The van der Waals surface area contributed by atoms with Gasteiger partial charge in [-0.25, -0.2) is 0 Å². The lowest BCUT2D eigenvalue weighted by molar-refractivity contribution is 0.135. The van der Waals surface area contributed by atoms with Crippen molar-refractivity contribution >= 4 is 6.21 Å². The minimum atomic E-state index is 0.913. The van der Waals surface area contributed by atoms with E-state index in [1.165, 1.54) is 103 Å². The fraction of sp³-hybridized carbons (Fsp3) is 0.947. The van der Waals surface area contributed by atoms with Crippen LogP contribution in [0.3, 0.4) is 0 Å². The van der Waals surface area contributed by atoms with Crippen LogP contribution in [-0.4, -0.2) is 36.8 Å². The molecule has 122 valence electrons. The van der Waals surface area contributed by atoms with Crippen molar-refractivity contribution in [3.63, 3.8) is 0 Å². The molecule has 2 heterocycles. The Bertz CT molecular complexity index is 275. The highest BCUT2D eigenvalue weighted by molar-refractivity contribution is 5.56. The zero-order chi connectivity index (χ0) is 14.6. The maximum absolute atomic E-state index is 4.55. The molecule has 1 atom stereocenters. The number of aliphatic imine (C=N–C) groups is 1. The van der Waals surface area contributed by atoms with Crippen molar-refractivity contribution in [3.05, 3.63) is 0 Å². The Labute approximate surface area is 132 Å². The Morgan fingerprint density at radius 1 is 0.667 bits per heavy atom. The predicted molar refractivity (Wildman–Crippen MR) is 93.4 cm³/mol. The van der Waals surface area contributed by atoms with E-state index >= 15 is 0 Å². The van der Waals surface area contributed by atoms with E-state index in [2.05, 4.69) is 16.1 Å². The summed E-state index contributed by atoms with van der Waals surface area (Å²) in [5, 5.41) is 0. The molecular weight excluding hydrogens is 256 g/mol. The summed E-state index contributed by atoms with van der Waals surface area (Å²) in [5.41, 5.74) is 0. The molecule has 0 aromatic carbocycles. The lowest BCUT2D eigenvalue weighted by atomic mass is 9.96. The van der Waals surface area contributed by atoms with Gasteiger partial charge in [-0.05, 0) is 64.2 Å². The van der Waals surface area contributed by atoms with Crippen molar-refractivity contribution in [3.8, 4) is 0 Å². The molecule has 2 aliphatic rings. The van der Waals surface area contributed by atoms with Gasteiger partial charge in [-0.1, -0.05) is 44.9 Å². The minimum Gasteiger partial charge on any atom is -0.300 e. The summed E-state index contributed by atoms with van der Waals surface area (Å²) in [4.78, 5) is 7.36. The second-order valence-corrected chi connectivity index (χ2v) is 7.03. The fourth-order valence-corrected chi connectivity index (χ4v) is 3.88. The summed E-state index contributed by atoms with van der Waals surface area (Å²) in [6.07, 6.45) is 21.8. The van der Waals surface area contributed by atoms with Gasteiger partial charge in [-0.2, -0.15) is 0 Å². The van der Waals surface area contributed by atoms with Crippen molar-refractivity contribution in [2.24, 2.45) is 4.99 Å². The van der Waals surface area contributed by atoms with E-state index in [0.717, 1.165) is 12.6 Å². The number of rotatable bonds is 0. The SMILES string of the molecule is C1=NCCCCCCCCC2CCCCN2CCCCC1. The van der Waals surface area contributed by atoms with E-state index in [0.29, 0.717) is 0 Å². The molecule has 0 N–H and O–H groups in total. The van der Waals surface area contributed by atoms with Crippen LogP contribution < -0.4 is 0 Å². The third-order valence-electron chi connectivity index (χ3n) is 5.23. The van der Waals surface area contributed by atoms with E-state index in [1.54, 1.807) is 0 Å². The smallest absolute Gasteiger partial charge is 0.0385 e. The van der Waals surface area contributed by atoms with E-state index in [9.17, 15) is 0 Å². The van der Waals surface area contributed by atoms with Crippen LogP contribution in [0.4, 0.5) is 0 Å². The maximum Gasteiger partial charge on any atom is 0.0385 e. The van der Waals surface area contributed by atoms with Gasteiger partial charge < -0.3 is 4.90 Å². The van der Waals surface area contributed by atoms with Crippen LogP contribution in [0.5, 0.6) is 0 Å². The lowest BCUT2D eigenvalue weighted by Gasteiger charge is -2.36. The van der Waals surface area contributed by atoms with E-state index in [-0.39, 0.29) is 0 Å². The zero-order valence-corrected chi connectivity index (χ0v) is 14.1. The first-order chi connectivity index (χ1) is 10.5. The first kappa shape index (κ1) is 17.0. The Morgan fingerprint density at radius 3 is 2.14 bits per heavy atom. The number of hydrogen-bond acceptors (Lipinski definition) is 2. The molecule has 0 bridgehead atoms. The molecule has 2 heteroatoms. The van der Waals surface area contributed by atoms with Gasteiger partial charge in [0.2, 0.25) is 0 Å². The topological polar surface area (TPSA) is 15.6 Å². The maximum atomic E-state index is 4.55. The van der Waals surface area contributed by atoms with Crippen LogP contribution in [-0.2, 0) is 0 Å². The molecule has 1 fully saturated rings. The third kappa shape index (κ3) is 7.44. The van der Waals surface area contributed by atoms with Gasteiger partial charge in [0.05, 0.1) is 0 Å². The second kappa shape index (κ2) is 11.2. The van der Waals surface area contributed by atoms with Gasteiger partial charge in [0.15, 0.2) is 0 Å². The van der Waals surface area contributed by atoms with Crippen LogP contribution >= 0.6 is 0 Å². The standard InChI is InChI=1S/C19H36N2/c1-2-4-9-15-20-16-10-5-6-11-17-21-18-12-8-14-19(21)13-7-3-1/h16,19H,1-15,17-18H2. The highest BCUT2D eigenvalue weighted by Gasteiger charge is 2.21. The molecule has 2 aliphatic heterocycles. The van der Waals surface area contributed by atoms with Crippen molar-refractivity contribution < 1.29 is 0 Å². The largest absolute Gasteiger partial charge is 0.300 e.